The van der Waals surface area contributed by atoms with E-state index in [1.807, 2.05) is 42.7 Å². The first-order valence-electron chi connectivity index (χ1n) is 11.6. The van der Waals surface area contributed by atoms with Crippen LogP contribution < -0.4 is 34.9 Å². The number of benzene rings is 2. The molecule has 186 valence electrons. The molecule has 1 aliphatic heterocycles. The number of ether oxygens (including phenoxy) is 1. The smallest absolute Gasteiger partial charge is 0.0382 e. The monoisotopic (exact) mass is 579 g/mol. The standard InChI is InChI=1S/C18H29N.C10H12O.2ClH.Ru/c1-7-13-10-9-11-14(8-2)15(13)16-17(3,4)12-18(5,6)19-16;1-8(2)11-10-7-5-4-6-9(10)3;;;/h9-11,16,19H,7-8,12H2,1-6H3;3-8H,1-2H3;2*1H;/q;;;;+2/p-2. The summed E-state index contributed by atoms with van der Waals surface area (Å²) in [4.78, 5) is 0. The molecule has 0 spiro atoms. The molecule has 2 nitrogen and oxygen atoms in total. The fourth-order valence-electron chi connectivity index (χ4n) is 4.92. The molecule has 2 aromatic carbocycles. The third-order valence-electron chi connectivity index (χ3n) is 5.94. The Bertz CT molecular complexity index is 858. The van der Waals surface area contributed by atoms with Crippen molar-refractivity contribution in [1.82, 2.24) is 5.32 Å². The Labute approximate surface area is 224 Å². The first kappa shape index (κ1) is 32.3. The molecular weight excluding hydrogens is 538 g/mol. The molecule has 1 N–H and O–H groups in total. The van der Waals surface area contributed by atoms with Crippen LogP contribution in [0, 0.1) is 5.41 Å². The molecule has 2 aromatic rings. The van der Waals surface area contributed by atoms with Gasteiger partial charge in [0.1, 0.15) is 0 Å². The minimum Gasteiger partial charge on any atom is -1.00 e. The van der Waals surface area contributed by atoms with Gasteiger partial charge in [-0.3, -0.25) is 0 Å². The zero-order valence-corrected chi connectivity index (χ0v) is 24.7. The molecule has 0 amide bonds. The number of rotatable bonds is 6. The van der Waals surface area contributed by atoms with E-state index in [4.69, 9.17) is 4.74 Å². The van der Waals surface area contributed by atoms with Crippen LogP contribution in [0.1, 0.15) is 90.1 Å². The summed E-state index contributed by atoms with van der Waals surface area (Å²) in [5, 5.41) is 3.89. The fourth-order valence-corrected chi connectivity index (χ4v) is 5.34. The van der Waals surface area contributed by atoms with E-state index >= 15 is 0 Å². The van der Waals surface area contributed by atoms with Crippen molar-refractivity contribution in [3.8, 4) is 5.75 Å². The number of para-hydroxylation sites is 1. The van der Waals surface area contributed by atoms with E-state index in [1.54, 1.807) is 5.56 Å². The average Bonchev–Trinajstić information content (AvgIpc) is 2.94. The molecule has 1 aliphatic rings. The Morgan fingerprint density at radius 3 is 1.94 bits per heavy atom. The van der Waals surface area contributed by atoms with Crippen molar-refractivity contribution >= 4 is 4.61 Å². The Morgan fingerprint density at radius 2 is 1.52 bits per heavy atom. The molecule has 0 aliphatic carbocycles. The molecule has 5 heteroatoms. The first-order valence-corrected chi connectivity index (χ1v) is 12.6. The molecule has 1 heterocycles. The van der Waals surface area contributed by atoms with Crippen LogP contribution in [0.5, 0.6) is 5.75 Å². The second-order valence-corrected chi connectivity index (χ2v) is 10.6. The van der Waals surface area contributed by atoms with Gasteiger partial charge in [-0.1, -0.05) is 45.9 Å². The van der Waals surface area contributed by atoms with E-state index < -0.39 is 0 Å². The van der Waals surface area contributed by atoms with E-state index in [0.29, 0.717) is 11.5 Å². The number of nitrogens with one attached hydrogen (secondary N) is 1. The Kier molecular flexibility index (Phi) is 13.7. The van der Waals surface area contributed by atoms with Gasteiger partial charge in [0.15, 0.2) is 0 Å². The largest absolute Gasteiger partial charge is 1.00 e. The maximum atomic E-state index is 5.59. The summed E-state index contributed by atoms with van der Waals surface area (Å²) in [5.74, 6) is 0.950. The van der Waals surface area contributed by atoms with Crippen LogP contribution in [0.25, 0.3) is 0 Å². The molecule has 3 rings (SSSR count). The van der Waals surface area contributed by atoms with Crippen LogP contribution in [0.3, 0.4) is 0 Å². The van der Waals surface area contributed by atoms with Gasteiger partial charge in [-0.15, -0.1) is 0 Å². The molecule has 1 unspecified atom stereocenters. The molecule has 1 fully saturated rings. The van der Waals surface area contributed by atoms with E-state index in [9.17, 15) is 0 Å². The van der Waals surface area contributed by atoms with Gasteiger partial charge in [-0.2, -0.15) is 0 Å². The van der Waals surface area contributed by atoms with Gasteiger partial charge >= 0.3 is 82.7 Å². The molecular formula is C28H41Cl2NORu. The molecule has 0 saturated carbocycles. The Hall–Kier alpha value is -0.727. The summed E-state index contributed by atoms with van der Waals surface area (Å²) in [6.07, 6.45) is 3.71. The van der Waals surface area contributed by atoms with Crippen molar-refractivity contribution < 1.29 is 47.4 Å². The summed E-state index contributed by atoms with van der Waals surface area (Å²) in [6.45, 7) is 18.1. The van der Waals surface area contributed by atoms with Crippen molar-refractivity contribution in [3.05, 3.63) is 64.7 Å². The zero-order chi connectivity index (χ0) is 23.2. The van der Waals surface area contributed by atoms with Crippen LogP contribution in [0.2, 0.25) is 0 Å². The predicted octanol–water partition coefficient (Wildman–Crippen LogP) is 0.830. The van der Waals surface area contributed by atoms with Crippen molar-refractivity contribution in [2.45, 2.75) is 92.3 Å². The third kappa shape index (κ3) is 8.77. The van der Waals surface area contributed by atoms with Crippen molar-refractivity contribution in [3.63, 3.8) is 0 Å². The summed E-state index contributed by atoms with van der Waals surface area (Å²) in [7, 11) is 0. The van der Waals surface area contributed by atoms with Crippen LogP contribution in [-0.4, -0.2) is 16.3 Å². The van der Waals surface area contributed by atoms with E-state index in [2.05, 4.69) is 82.9 Å². The van der Waals surface area contributed by atoms with Crippen molar-refractivity contribution in [2.24, 2.45) is 5.41 Å². The summed E-state index contributed by atoms with van der Waals surface area (Å²) in [6, 6.07) is 15.3. The maximum absolute atomic E-state index is 5.59. The number of hydrogen-bond acceptors (Lipinski definition) is 2. The topological polar surface area (TPSA) is 21.3 Å². The van der Waals surface area contributed by atoms with Gasteiger partial charge in [0.05, 0.1) is 0 Å². The minimum atomic E-state index is 0. The van der Waals surface area contributed by atoms with Crippen LogP contribution >= 0.6 is 0 Å². The molecule has 0 bridgehead atoms. The van der Waals surface area contributed by atoms with Crippen LogP contribution in [-0.2, 0) is 30.7 Å². The first-order chi connectivity index (χ1) is 14.5. The SMILES string of the molecule is CC(C)Oc1ccccc1[CH]=[Ru+2].CCc1cccc(CC)c1C1NC(C)(C)CC1(C)C.[Cl-].[Cl-]. The Morgan fingerprint density at radius 1 is 0.970 bits per heavy atom. The van der Waals surface area contributed by atoms with Gasteiger partial charge < -0.3 is 30.1 Å². The fraction of sp³-hybridized carbons (Fsp3) is 0.536. The predicted molar refractivity (Wildman–Crippen MR) is 131 cm³/mol. The number of halogens is 2. The summed E-state index contributed by atoms with van der Waals surface area (Å²) in [5.41, 5.74) is 6.29. The zero-order valence-electron chi connectivity index (χ0n) is 21.4. The van der Waals surface area contributed by atoms with E-state index in [1.165, 1.54) is 17.5 Å². The van der Waals surface area contributed by atoms with Gasteiger partial charge in [-0.25, -0.2) is 0 Å². The van der Waals surface area contributed by atoms with Gasteiger partial charge in [0, 0.05) is 11.6 Å². The maximum Gasteiger partial charge on any atom is 0.0382 e. The van der Waals surface area contributed by atoms with Gasteiger partial charge in [0.2, 0.25) is 0 Å². The van der Waals surface area contributed by atoms with Crippen LogP contribution in [0.4, 0.5) is 0 Å². The van der Waals surface area contributed by atoms with Crippen molar-refractivity contribution in [1.29, 1.82) is 0 Å². The minimum absolute atomic E-state index is 0. The average molecular weight is 580 g/mol. The number of aryl methyl sites for hydroxylation is 2. The normalized spacial score (nSPS) is 17.8. The second-order valence-electron chi connectivity index (χ2n) is 10.1. The molecule has 1 atom stereocenters. The van der Waals surface area contributed by atoms with Gasteiger partial charge in [-0.05, 0) is 55.2 Å². The quantitative estimate of drug-likeness (QED) is 0.513. The van der Waals surface area contributed by atoms with Crippen molar-refractivity contribution in [2.75, 3.05) is 0 Å². The summed E-state index contributed by atoms with van der Waals surface area (Å²) < 4.78 is 7.58. The van der Waals surface area contributed by atoms with E-state index in [-0.39, 0.29) is 36.5 Å². The molecule has 0 radical (unpaired) electrons. The van der Waals surface area contributed by atoms with E-state index in [0.717, 1.165) is 24.2 Å². The van der Waals surface area contributed by atoms with Gasteiger partial charge in [0.25, 0.3) is 0 Å². The third-order valence-corrected chi connectivity index (χ3v) is 6.48. The molecule has 0 aromatic heterocycles. The molecule has 1 saturated heterocycles. The number of hydrogen-bond donors (Lipinski definition) is 1. The second kappa shape index (κ2) is 14.0. The summed E-state index contributed by atoms with van der Waals surface area (Å²) >= 11 is 2.49. The molecule has 33 heavy (non-hydrogen) atoms. The van der Waals surface area contributed by atoms with Crippen LogP contribution in [0.15, 0.2) is 42.5 Å². The Balaban J connectivity index is 0.000000640.